The van der Waals surface area contributed by atoms with Crippen LogP contribution in [0.4, 0.5) is 0 Å². The Hall–Kier alpha value is -0.370. The molecule has 0 saturated heterocycles. The van der Waals surface area contributed by atoms with Crippen LogP contribution in [0.1, 0.15) is 32.3 Å². The molecule has 0 amide bonds. The molecule has 1 aromatic heterocycles. The molecule has 1 heterocycles. The van der Waals surface area contributed by atoms with Gasteiger partial charge < -0.3 is 0 Å². The maximum Gasteiger partial charge on any atom is 0.106 e. The number of hydrogen-bond donors (Lipinski definition) is 0. The normalized spacial score (nSPS) is 13.4. The number of pyridine rings is 1. The fourth-order valence-electron chi connectivity index (χ4n) is 1.09. The van der Waals surface area contributed by atoms with Crippen molar-refractivity contribution in [3.63, 3.8) is 0 Å². The SMILES string of the molecule is CC(C)C(C)c1ccnc(Br)c1. The molecule has 0 saturated carbocycles. The van der Waals surface area contributed by atoms with Gasteiger partial charge in [0.05, 0.1) is 0 Å². The molecule has 0 N–H and O–H groups in total. The summed E-state index contributed by atoms with van der Waals surface area (Å²) in [5.41, 5.74) is 1.35. The summed E-state index contributed by atoms with van der Waals surface area (Å²) in [6, 6.07) is 4.17. The molecule has 2 heteroatoms. The van der Waals surface area contributed by atoms with E-state index in [2.05, 4.69) is 53.8 Å². The Kier molecular flexibility index (Phi) is 3.27. The van der Waals surface area contributed by atoms with Crippen LogP contribution in [0.2, 0.25) is 0 Å². The lowest BCUT2D eigenvalue weighted by Crippen LogP contribution is -2.01. The molecule has 12 heavy (non-hydrogen) atoms. The maximum absolute atomic E-state index is 4.10. The summed E-state index contributed by atoms with van der Waals surface area (Å²) in [7, 11) is 0. The Morgan fingerprint density at radius 3 is 2.50 bits per heavy atom. The zero-order chi connectivity index (χ0) is 9.14. The van der Waals surface area contributed by atoms with Crippen molar-refractivity contribution in [1.29, 1.82) is 0 Å². The molecule has 0 aliphatic rings. The first kappa shape index (κ1) is 9.72. The van der Waals surface area contributed by atoms with Gasteiger partial charge in [-0.05, 0) is 45.5 Å². The van der Waals surface area contributed by atoms with Gasteiger partial charge in [-0.1, -0.05) is 20.8 Å². The van der Waals surface area contributed by atoms with E-state index in [4.69, 9.17) is 0 Å². The second-order valence-electron chi connectivity index (χ2n) is 3.44. The van der Waals surface area contributed by atoms with Gasteiger partial charge in [-0.2, -0.15) is 0 Å². The molecule has 0 radical (unpaired) electrons. The number of halogens is 1. The lowest BCUT2D eigenvalue weighted by molar-refractivity contribution is 0.534. The van der Waals surface area contributed by atoms with E-state index in [1.807, 2.05) is 6.20 Å². The monoisotopic (exact) mass is 227 g/mol. The first-order valence-electron chi connectivity index (χ1n) is 4.22. The third-order valence-corrected chi connectivity index (χ3v) is 2.71. The minimum absolute atomic E-state index is 0.601. The Morgan fingerprint density at radius 2 is 2.00 bits per heavy atom. The van der Waals surface area contributed by atoms with Crippen LogP contribution in [-0.4, -0.2) is 4.98 Å². The van der Waals surface area contributed by atoms with Gasteiger partial charge in [0.2, 0.25) is 0 Å². The molecule has 1 unspecified atom stereocenters. The van der Waals surface area contributed by atoms with Crippen LogP contribution in [0, 0.1) is 5.92 Å². The predicted octanol–water partition coefficient (Wildman–Crippen LogP) is 3.60. The first-order valence-corrected chi connectivity index (χ1v) is 5.02. The van der Waals surface area contributed by atoms with Crippen LogP contribution in [0.25, 0.3) is 0 Å². The summed E-state index contributed by atoms with van der Waals surface area (Å²) in [5.74, 6) is 1.28. The largest absolute Gasteiger partial charge is 0.249 e. The fraction of sp³-hybridized carbons (Fsp3) is 0.500. The summed E-state index contributed by atoms with van der Waals surface area (Å²) < 4.78 is 0.924. The van der Waals surface area contributed by atoms with Crippen molar-refractivity contribution >= 4 is 15.9 Å². The molecular formula is C10H14BrN. The molecule has 1 rings (SSSR count). The summed E-state index contributed by atoms with van der Waals surface area (Å²) >= 11 is 3.37. The molecule has 0 aromatic carbocycles. The first-order chi connectivity index (χ1) is 5.61. The van der Waals surface area contributed by atoms with Crippen LogP contribution in [0.5, 0.6) is 0 Å². The second-order valence-corrected chi connectivity index (χ2v) is 4.26. The Bertz CT molecular complexity index is 258. The molecule has 0 aliphatic heterocycles. The smallest absolute Gasteiger partial charge is 0.106 e. The lowest BCUT2D eigenvalue weighted by Gasteiger charge is -2.15. The van der Waals surface area contributed by atoms with Crippen LogP contribution in [-0.2, 0) is 0 Å². The molecule has 0 fully saturated rings. The molecule has 0 spiro atoms. The van der Waals surface area contributed by atoms with Crippen LogP contribution in [0.3, 0.4) is 0 Å². The van der Waals surface area contributed by atoms with Gasteiger partial charge in [0.1, 0.15) is 4.60 Å². The fourth-order valence-corrected chi connectivity index (χ4v) is 1.47. The highest BCUT2D eigenvalue weighted by Gasteiger charge is 2.09. The van der Waals surface area contributed by atoms with E-state index in [0.29, 0.717) is 11.8 Å². The van der Waals surface area contributed by atoms with Crippen LogP contribution >= 0.6 is 15.9 Å². The Balaban J connectivity index is 2.88. The predicted molar refractivity (Wildman–Crippen MR) is 55.2 cm³/mol. The molecule has 1 aromatic rings. The van der Waals surface area contributed by atoms with E-state index in [1.165, 1.54) is 5.56 Å². The quantitative estimate of drug-likeness (QED) is 0.704. The third kappa shape index (κ3) is 2.31. The van der Waals surface area contributed by atoms with Gasteiger partial charge >= 0.3 is 0 Å². The van der Waals surface area contributed by atoms with E-state index < -0.39 is 0 Å². The summed E-state index contributed by atoms with van der Waals surface area (Å²) in [6.45, 7) is 6.71. The van der Waals surface area contributed by atoms with Gasteiger partial charge in [0, 0.05) is 6.20 Å². The van der Waals surface area contributed by atoms with Gasteiger partial charge in [0.15, 0.2) is 0 Å². The van der Waals surface area contributed by atoms with Crippen LogP contribution < -0.4 is 0 Å². The summed E-state index contributed by atoms with van der Waals surface area (Å²) in [5, 5.41) is 0. The zero-order valence-corrected chi connectivity index (χ0v) is 9.30. The van der Waals surface area contributed by atoms with E-state index in [9.17, 15) is 0 Å². The van der Waals surface area contributed by atoms with Crippen molar-refractivity contribution in [3.05, 3.63) is 28.5 Å². The molecule has 1 atom stereocenters. The van der Waals surface area contributed by atoms with Crippen molar-refractivity contribution in [1.82, 2.24) is 4.98 Å². The topological polar surface area (TPSA) is 12.9 Å². The number of rotatable bonds is 2. The lowest BCUT2D eigenvalue weighted by atomic mass is 9.91. The highest BCUT2D eigenvalue weighted by atomic mass is 79.9. The summed E-state index contributed by atoms with van der Waals surface area (Å²) in [4.78, 5) is 4.10. The Morgan fingerprint density at radius 1 is 1.33 bits per heavy atom. The average Bonchev–Trinajstić information content (AvgIpc) is 2.03. The summed E-state index contributed by atoms with van der Waals surface area (Å²) in [6.07, 6.45) is 1.85. The molecular weight excluding hydrogens is 214 g/mol. The number of hydrogen-bond acceptors (Lipinski definition) is 1. The molecule has 1 nitrogen and oxygen atoms in total. The van der Waals surface area contributed by atoms with Gasteiger partial charge in [-0.3, -0.25) is 0 Å². The highest BCUT2D eigenvalue weighted by molar-refractivity contribution is 9.10. The molecule has 66 valence electrons. The highest BCUT2D eigenvalue weighted by Crippen LogP contribution is 2.24. The van der Waals surface area contributed by atoms with Gasteiger partial charge in [-0.25, -0.2) is 4.98 Å². The average molecular weight is 228 g/mol. The van der Waals surface area contributed by atoms with Gasteiger partial charge in [-0.15, -0.1) is 0 Å². The van der Waals surface area contributed by atoms with E-state index in [1.54, 1.807) is 0 Å². The Labute approximate surface area is 82.3 Å². The van der Waals surface area contributed by atoms with E-state index >= 15 is 0 Å². The van der Waals surface area contributed by atoms with Crippen molar-refractivity contribution < 1.29 is 0 Å². The van der Waals surface area contributed by atoms with E-state index in [-0.39, 0.29) is 0 Å². The second kappa shape index (κ2) is 4.04. The third-order valence-electron chi connectivity index (χ3n) is 2.28. The molecule has 0 bridgehead atoms. The number of aromatic nitrogens is 1. The van der Waals surface area contributed by atoms with Crippen LogP contribution in [0.15, 0.2) is 22.9 Å². The minimum Gasteiger partial charge on any atom is -0.249 e. The number of nitrogens with zero attached hydrogens (tertiary/aromatic N) is 1. The van der Waals surface area contributed by atoms with Gasteiger partial charge in [0.25, 0.3) is 0 Å². The minimum atomic E-state index is 0.601. The zero-order valence-electron chi connectivity index (χ0n) is 7.71. The van der Waals surface area contributed by atoms with Crippen molar-refractivity contribution in [2.24, 2.45) is 5.92 Å². The van der Waals surface area contributed by atoms with E-state index in [0.717, 1.165) is 4.60 Å². The van der Waals surface area contributed by atoms with Crippen molar-refractivity contribution in [2.75, 3.05) is 0 Å². The maximum atomic E-state index is 4.10. The van der Waals surface area contributed by atoms with Crippen molar-refractivity contribution in [2.45, 2.75) is 26.7 Å². The standard InChI is InChI=1S/C10H14BrN/c1-7(2)8(3)9-4-5-12-10(11)6-9/h4-8H,1-3H3. The van der Waals surface area contributed by atoms with Crippen molar-refractivity contribution in [3.8, 4) is 0 Å². The molecule has 0 aliphatic carbocycles.